The number of carbonyl (C=O) groups excluding carboxylic acids is 1. The summed E-state index contributed by atoms with van der Waals surface area (Å²) in [5.41, 5.74) is 6.58. The molecule has 10 nitrogen and oxygen atoms in total. The van der Waals surface area contributed by atoms with E-state index < -0.39 is 23.2 Å². The largest absolute Gasteiger partial charge is 0.463 e. The van der Waals surface area contributed by atoms with E-state index in [1.165, 1.54) is 47.6 Å². The van der Waals surface area contributed by atoms with Crippen molar-refractivity contribution in [2.75, 3.05) is 33.0 Å². The number of aromatic amines is 1. The number of aromatic nitrogens is 4. The van der Waals surface area contributed by atoms with Crippen LogP contribution in [0.4, 0.5) is 14.6 Å². The Morgan fingerprint density at radius 1 is 1.15 bits per heavy atom. The lowest BCUT2D eigenvalue weighted by Crippen LogP contribution is -2.22. The summed E-state index contributed by atoms with van der Waals surface area (Å²) in [4.78, 5) is 39.4. The zero-order valence-corrected chi connectivity index (χ0v) is 22.1. The van der Waals surface area contributed by atoms with Crippen molar-refractivity contribution in [1.29, 1.82) is 0 Å². The molecule has 0 radical (unpaired) electrons. The van der Waals surface area contributed by atoms with Gasteiger partial charge in [0, 0.05) is 35.3 Å². The Bertz CT molecular complexity index is 2030. The minimum atomic E-state index is -0.773. The van der Waals surface area contributed by atoms with Crippen molar-refractivity contribution in [3.63, 3.8) is 0 Å². The average molecular weight is 559 g/mol. The van der Waals surface area contributed by atoms with Gasteiger partial charge in [0.2, 0.25) is 0 Å². The molecule has 6 aromatic rings. The van der Waals surface area contributed by atoms with Crippen LogP contribution in [-0.4, -0.2) is 57.6 Å². The number of anilines is 1. The molecule has 0 unspecified atom stereocenters. The third-order valence-corrected chi connectivity index (χ3v) is 6.93. The molecule has 12 heteroatoms. The van der Waals surface area contributed by atoms with E-state index in [9.17, 15) is 9.59 Å². The number of ether oxygens (including phenoxy) is 1. The van der Waals surface area contributed by atoms with Crippen LogP contribution in [0.3, 0.4) is 0 Å². The first-order valence-electron chi connectivity index (χ1n) is 12.6. The highest BCUT2D eigenvalue weighted by molar-refractivity contribution is 6.17. The Balaban J connectivity index is 1.68. The molecule has 6 rings (SSSR count). The molecular formula is C29H24F2N6O4. The number of H-pyrrole nitrogens is 1. The number of hydrogen-bond acceptors (Lipinski definition) is 8. The quantitative estimate of drug-likeness (QED) is 0.277. The lowest BCUT2D eigenvalue weighted by molar-refractivity contribution is 0.0471. The maximum Gasteiger partial charge on any atom is 0.355 e. The number of nitrogens with zero attached hydrogens (tertiary/aromatic N) is 4. The van der Waals surface area contributed by atoms with Gasteiger partial charge in [-0.15, -0.1) is 0 Å². The number of rotatable bonds is 7. The molecule has 0 saturated carbocycles. The lowest BCUT2D eigenvalue weighted by Gasteiger charge is -2.15. The molecule has 208 valence electrons. The van der Waals surface area contributed by atoms with Gasteiger partial charge in [0.05, 0.1) is 40.2 Å². The number of hydrogen-bond donors (Lipinski definition) is 2. The van der Waals surface area contributed by atoms with Crippen LogP contribution in [-0.2, 0) is 11.3 Å². The number of nitrogens with one attached hydrogen (secondary N) is 1. The van der Waals surface area contributed by atoms with Gasteiger partial charge in [-0.25, -0.2) is 23.5 Å². The highest BCUT2D eigenvalue weighted by atomic mass is 19.1. The number of nitrogens with two attached hydrogens (primary N) is 1. The normalized spacial score (nSPS) is 11.7. The van der Waals surface area contributed by atoms with Gasteiger partial charge in [-0.1, -0.05) is 0 Å². The standard InChI is InChI=1S/C29H24F2N6O4/c1-36(2)7-9-41-29(39)25-23(17-4-3-6-33-28(17)38)24-22(12-20(31)16-5-8-40-26(16)24)37(25)13-15-10-18-21(11-19(15)30)34-14-35-27(18)32/h3-6,8,10-12,14H,7,9,13H2,1-2H3,(H,33,38)(H2,32,34,35). The van der Waals surface area contributed by atoms with Gasteiger partial charge in [0.1, 0.15) is 41.7 Å². The van der Waals surface area contributed by atoms with Gasteiger partial charge < -0.3 is 29.3 Å². The Kier molecular flexibility index (Phi) is 6.46. The Morgan fingerprint density at radius 3 is 2.76 bits per heavy atom. The molecule has 0 spiro atoms. The van der Waals surface area contributed by atoms with Crippen LogP contribution >= 0.6 is 0 Å². The molecule has 4 heterocycles. The van der Waals surface area contributed by atoms with Gasteiger partial charge in [-0.05, 0) is 44.4 Å². The number of carbonyl (C=O) groups is 1. The number of nitrogen functional groups attached to an aromatic ring is 1. The number of furan rings is 1. The molecule has 0 aliphatic heterocycles. The van der Waals surface area contributed by atoms with E-state index in [2.05, 4.69) is 15.0 Å². The molecule has 0 saturated heterocycles. The zero-order valence-electron chi connectivity index (χ0n) is 22.1. The molecule has 3 N–H and O–H groups in total. The molecule has 0 fully saturated rings. The van der Waals surface area contributed by atoms with E-state index in [0.29, 0.717) is 22.8 Å². The summed E-state index contributed by atoms with van der Waals surface area (Å²) in [7, 11) is 3.65. The summed E-state index contributed by atoms with van der Waals surface area (Å²) in [6.07, 6.45) is 4.02. The van der Waals surface area contributed by atoms with E-state index in [0.717, 1.165) is 0 Å². The predicted octanol–water partition coefficient (Wildman–Crippen LogP) is 4.31. The maximum atomic E-state index is 15.5. The van der Waals surface area contributed by atoms with Crippen molar-refractivity contribution in [2.45, 2.75) is 6.54 Å². The predicted molar refractivity (Wildman–Crippen MR) is 150 cm³/mol. The second kappa shape index (κ2) is 10.1. The molecule has 0 bridgehead atoms. The third kappa shape index (κ3) is 4.47. The van der Waals surface area contributed by atoms with E-state index in [1.54, 1.807) is 12.1 Å². The smallest absolute Gasteiger partial charge is 0.355 e. The summed E-state index contributed by atoms with van der Waals surface area (Å²) < 4.78 is 43.6. The molecule has 2 aromatic carbocycles. The highest BCUT2D eigenvalue weighted by Crippen LogP contribution is 2.41. The van der Waals surface area contributed by atoms with Crippen molar-refractivity contribution in [3.8, 4) is 11.1 Å². The van der Waals surface area contributed by atoms with Crippen LogP contribution in [0.2, 0.25) is 0 Å². The van der Waals surface area contributed by atoms with E-state index in [4.69, 9.17) is 14.9 Å². The fraction of sp³-hybridized carbons (Fsp3) is 0.172. The fourth-order valence-corrected chi connectivity index (χ4v) is 4.99. The molecule has 0 atom stereocenters. The van der Waals surface area contributed by atoms with Crippen LogP contribution in [0.1, 0.15) is 16.1 Å². The average Bonchev–Trinajstić information content (AvgIpc) is 3.54. The summed E-state index contributed by atoms with van der Waals surface area (Å²) in [6.45, 7) is 0.241. The first kappa shape index (κ1) is 26.1. The summed E-state index contributed by atoms with van der Waals surface area (Å²) in [6, 6.07) is 8.56. The number of pyridine rings is 1. The third-order valence-electron chi connectivity index (χ3n) is 6.93. The summed E-state index contributed by atoms with van der Waals surface area (Å²) in [5.74, 6) is -1.86. The second-order valence-electron chi connectivity index (χ2n) is 9.80. The number of fused-ring (bicyclic) bond motifs is 4. The second-order valence-corrected chi connectivity index (χ2v) is 9.80. The highest BCUT2D eigenvalue weighted by Gasteiger charge is 2.30. The van der Waals surface area contributed by atoms with Gasteiger partial charge in [-0.2, -0.15) is 0 Å². The van der Waals surface area contributed by atoms with Crippen molar-refractivity contribution >= 4 is 44.6 Å². The van der Waals surface area contributed by atoms with Gasteiger partial charge in [0.15, 0.2) is 0 Å². The van der Waals surface area contributed by atoms with E-state index in [-0.39, 0.29) is 57.8 Å². The van der Waals surface area contributed by atoms with Crippen LogP contribution in [0.25, 0.3) is 43.9 Å². The van der Waals surface area contributed by atoms with E-state index >= 15 is 8.78 Å². The number of esters is 1. The number of likely N-dealkylation sites (N-methyl/N-ethyl adjacent to an activating group) is 1. The Labute approximate surface area is 231 Å². The minimum absolute atomic E-state index is 0.0423. The summed E-state index contributed by atoms with van der Waals surface area (Å²) in [5, 5.41) is 0.888. The van der Waals surface area contributed by atoms with Crippen molar-refractivity contribution in [1.82, 2.24) is 24.4 Å². The topological polar surface area (TPSA) is 132 Å². The van der Waals surface area contributed by atoms with Crippen LogP contribution in [0.5, 0.6) is 0 Å². The monoisotopic (exact) mass is 558 g/mol. The van der Waals surface area contributed by atoms with Gasteiger partial charge >= 0.3 is 5.97 Å². The zero-order chi connectivity index (χ0) is 28.8. The fourth-order valence-electron chi connectivity index (χ4n) is 4.99. The Morgan fingerprint density at radius 2 is 1.98 bits per heavy atom. The van der Waals surface area contributed by atoms with Crippen molar-refractivity contribution in [3.05, 3.63) is 88.4 Å². The van der Waals surface area contributed by atoms with Gasteiger partial charge in [-0.3, -0.25) is 4.79 Å². The van der Waals surface area contributed by atoms with Crippen molar-refractivity contribution in [2.24, 2.45) is 0 Å². The first-order chi connectivity index (χ1) is 19.7. The molecule has 0 amide bonds. The van der Waals surface area contributed by atoms with Crippen LogP contribution in [0.15, 0.2) is 64.4 Å². The molecule has 41 heavy (non-hydrogen) atoms. The SMILES string of the molecule is CN(C)CCOC(=O)c1c(-c2ccc[nH]c2=O)c2c3occc3c(F)cc2n1Cc1cc2c(N)ncnc2cc1F. The molecule has 0 aliphatic carbocycles. The number of halogens is 2. The number of benzene rings is 2. The maximum absolute atomic E-state index is 15.5. The Hall–Kier alpha value is -5.10. The van der Waals surface area contributed by atoms with Crippen LogP contribution in [0, 0.1) is 11.6 Å². The van der Waals surface area contributed by atoms with Gasteiger partial charge in [0.25, 0.3) is 5.56 Å². The molecule has 0 aliphatic rings. The van der Waals surface area contributed by atoms with Crippen molar-refractivity contribution < 1.29 is 22.7 Å². The molecule has 4 aromatic heterocycles. The molecular weight excluding hydrogens is 534 g/mol. The van der Waals surface area contributed by atoms with E-state index in [1.807, 2.05) is 19.0 Å². The van der Waals surface area contributed by atoms with Crippen LogP contribution < -0.4 is 11.3 Å². The lowest BCUT2D eigenvalue weighted by atomic mass is 10.0. The summed E-state index contributed by atoms with van der Waals surface area (Å²) >= 11 is 0. The minimum Gasteiger partial charge on any atom is -0.463 e. The first-order valence-corrected chi connectivity index (χ1v) is 12.6.